The molecule has 0 aromatic heterocycles. The second-order valence-electron chi connectivity index (χ2n) is 1.29. The van der Waals surface area contributed by atoms with Crippen LogP contribution in [0.3, 0.4) is 0 Å². The molecule has 0 aliphatic rings. The monoisotopic (exact) mass is 152 g/mol. The first-order valence-electron chi connectivity index (χ1n) is 2.59. The fraction of sp³-hybridized carbons (Fsp3) is 0.800. The van der Waals surface area contributed by atoms with Crippen molar-refractivity contribution in [1.29, 1.82) is 0 Å². The number of halogens is 1. The van der Waals surface area contributed by atoms with E-state index in [2.05, 4.69) is 6.92 Å². The second-order valence-corrected chi connectivity index (χ2v) is 1.67. The SMILES string of the molecule is CCCCCl.O=C([O-])[O-]. The van der Waals surface area contributed by atoms with E-state index in [0.717, 1.165) is 12.3 Å². The van der Waals surface area contributed by atoms with Gasteiger partial charge in [-0.2, -0.15) is 0 Å². The van der Waals surface area contributed by atoms with Gasteiger partial charge in [-0.15, -0.1) is 11.6 Å². The largest absolute Gasteiger partial charge is 0.652 e. The van der Waals surface area contributed by atoms with E-state index in [0.29, 0.717) is 0 Å². The van der Waals surface area contributed by atoms with Crippen LogP contribution in [0.4, 0.5) is 4.79 Å². The second kappa shape index (κ2) is 10.5. The van der Waals surface area contributed by atoms with Crippen LogP contribution in [0.1, 0.15) is 19.8 Å². The summed E-state index contributed by atoms with van der Waals surface area (Å²) in [6.07, 6.45) is 0.0328. The molecule has 0 bridgehead atoms. The number of unbranched alkanes of at least 4 members (excludes halogenated alkanes) is 1. The third-order valence-electron chi connectivity index (χ3n) is 0.487. The van der Waals surface area contributed by atoms with Crippen molar-refractivity contribution in [2.45, 2.75) is 19.8 Å². The molecule has 0 spiro atoms. The Hall–Kier alpha value is -0.440. The highest BCUT2D eigenvalue weighted by Crippen LogP contribution is 1.86. The maximum absolute atomic E-state index is 8.33. The highest BCUT2D eigenvalue weighted by molar-refractivity contribution is 6.17. The van der Waals surface area contributed by atoms with Gasteiger partial charge in [0, 0.05) is 5.88 Å². The van der Waals surface area contributed by atoms with Crippen LogP contribution in [0, 0.1) is 0 Å². The van der Waals surface area contributed by atoms with Crippen molar-refractivity contribution in [2.24, 2.45) is 0 Å². The van der Waals surface area contributed by atoms with Crippen molar-refractivity contribution in [1.82, 2.24) is 0 Å². The number of hydrogen-bond acceptors (Lipinski definition) is 3. The van der Waals surface area contributed by atoms with Crippen LogP contribution in [-0.4, -0.2) is 12.0 Å². The van der Waals surface area contributed by atoms with Gasteiger partial charge < -0.3 is 15.0 Å². The Kier molecular flexibility index (Phi) is 13.3. The summed E-state index contributed by atoms with van der Waals surface area (Å²) in [4.78, 5) is 8.33. The average Bonchev–Trinajstić information content (AvgIpc) is 1.66. The van der Waals surface area contributed by atoms with Crippen LogP contribution >= 0.6 is 11.6 Å². The summed E-state index contributed by atoms with van der Waals surface area (Å²) in [6, 6.07) is 0. The van der Waals surface area contributed by atoms with E-state index < -0.39 is 6.16 Å². The molecule has 0 N–H and O–H groups in total. The van der Waals surface area contributed by atoms with E-state index >= 15 is 0 Å². The summed E-state index contributed by atoms with van der Waals surface area (Å²) in [5.41, 5.74) is 0. The molecule has 4 heteroatoms. The van der Waals surface area contributed by atoms with E-state index in [9.17, 15) is 0 Å². The van der Waals surface area contributed by atoms with Crippen LogP contribution < -0.4 is 10.2 Å². The Morgan fingerprint density at radius 1 is 1.56 bits per heavy atom. The predicted octanol–water partition coefficient (Wildman–Crippen LogP) is -0.422. The molecular weight excluding hydrogens is 144 g/mol. The maximum atomic E-state index is 8.33. The molecule has 0 aromatic carbocycles. The molecule has 0 saturated heterocycles. The molecule has 0 unspecified atom stereocenters. The zero-order chi connectivity index (χ0) is 7.70. The first kappa shape index (κ1) is 11.4. The molecule has 9 heavy (non-hydrogen) atoms. The Morgan fingerprint density at radius 2 is 1.89 bits per heavy atom. The third-order valence-corrected chi connectivity index (χ3v) is 0.754. The van der Waals surface area contributed by atoms with E-state index in [4.69, 9.17) is 26.6 Å². The predicted molar refractivity (Wildman–Crippen MR) is 31.0 cm³/mol. The van der Waals surface area contributed by atoms with Crippen LogP contribution in [-0.2, 0) is 0 Å². The van der Waals surface area contributed by atoms with Gasteiger partial charge in [-0.1, -0.05) is 13.3 Å². The number of alkyl halides is 1. The van der Waals surface area contributed by atoms with Gasteiger partial charge in [-0.3, -0.25) is 0 Å². The molecule has 0 saturated carbocycles. The van der Waals surface area contributed by atoms with Gasteiger partial charge in [0.05, 0.1) is 0 Å². The normalized spacial score (nSPS) is 7.33. The highest BCUT2D eigenvalue weighted by Gasteiger charge is 1.70. The van der Waals surface area contributed by atoms with Gasteiger partial charge in [0.15, 0.2) is 0 Å². The summed E-state index contributed by atoms with van der Waals surface area (Å²) in [5, 5.41) is 16.7. The number of hydrogen-bond donors (Lipinski definition) is 0. The lowest BCUT2D eigenvalue weighted by Gasteiger charge is -1.96. The topological polar surface area (TPSA) is 63.2 Å². The number of rotatable bonds is 2. The summed E-state index contributed by atoms with van der Waals surface area (Å²) >= 11 is 5.30. The Balaban J connectivity index is 0. The van der Waals surface area contributed by atoms with Gasteiger partial charge in [-0.05, 0) is 12.6 Å². The van der Waals surface area contributed by atoms with Gasteiger partial charge in [0.25, 0.3) is 0 Å². The summed E-state index contributed by atoms with van der Waals surface area (Å²) < 4.78 is 0. The minimum absolute atomic E-state index is 0.816. The zero-order valence-corrected chi connectivity index (χ0v) is 5.98. The molecule has 0 rings (SSSR count). The van der Waals surface area contributed by atoms with Crippen molar-refractivity contribution in [3.63, 3.8) is 0 Å². The van der Waals surface area contributed by atoms with Crippen molar-refractivity contribution < 1.29 is 15.0 Å². The quantitative estimate of drug-likeness (QED) is 0.505. The lowest BCUT2D eigenvalue weighted by Crippen LogP contribution is -2.37. The summed E-state index contributed by atoms with van der Waals surface area (Å²) in [7, 11) is 0. The van der Waals surface area contributed by atoms with E-state index in [-0.39, 0.29) is 0 Å². The molecule has 0 radical (unpaired) electrons. The summed E-state index contributed by atoms with van der Waals surface area (Å²) in [5.74, 6) is 0.816. The molecule has 0 fully saturated rings. The standard InChI is InChI=1S/C4H9Cl.CH2O3/c1-2-3-4-5;2-1(3)4/h2-4H2,1H3;(H2,2,3,4)/p-2. The maximum Gasteiger partial charge on any atom is 0.0223 e. The summed E-state index contributed by atoms with van der Waals surface area (Å²) in [6.45, 7) is 2.13. The highest BCUT2D eigenvalue weighted by atomic mass is 35.5. The van der Waals surface area contributed by atoms with Crippen LogP contribution in [0.2, 0.25) is 0 Å². The lowest BCUT2D eigenvalue weighted by molar-refractivity contribution is -0.415. The minimum Gasteiger partial charge on any atom is -0.652 e. The Bertz CT molecular complexity index is 59.2. The van der Waals surface area contributed by atoms with Gasteiger partial charge in [0.2, 0.25) is 0 Å². The molecule has 0 aliphatic carbocycles. The number of carboxylic acid groups (broad SMARTS) is 2. The third kappa shape index (κ3) is 96.0. The molecule has 0 heterocycles. The average molecular weight is 153 g/mol. The van der Waals surface area contributed by atoms with Gasteiger partial charge in [0.1, 0.15) is 0 Å². The zero-order valence-electron chi connectivity index (χ0n) is 5.22. The number of carbonyl (C=O) groups excluding carboxylic acids is 1. The number of carbonyl (C=O) groups is 1. The van der Waals surface area contributed by atoms with Crippen LogP contribution in [0.25, 0.3) is 0 Å². The first-order chi connectivity index (χ1) is 4.15. The van der Waals surface area contributed by atoms with E-state index in [1.807, 2.05) is 0 Å². The molecule has 0 amide bonds. The van der Waals surface area contributed by atoms with Crippen molar-refractivity contribution in [2.75, 3.05) is 5.88 Å². The van der Waals surface area contributed by atoms with Crippen molar-refractivity contribution in [3.8, 4) is 0 Å². The van der Waals surface area contributed by atoms with E-state index in [1.165, 1.54) is 6.42 Å². The van der Waals surface area contributed by atoms with Gasteiger partial charge in [-0.25, -0.2) is 0 Å². The van der Waals surface area contributed by atoms with Crippen molar-refractivity contribution >= 4 is 17.8 Å². The Labute approximate surface area is 59.3 Å². The molecule has 56 valence electrons. The van der Waals surface area contributed by atoms with Crippen molar-refractivity contribution in [3.05, 3.63) is 0 Å². The smallest absolute Gasteiger partial charge is 0.0223 e. The van der Waals surface area contributed by atoms with E-state index in [1.54, 1.807) is 0 Å². The molecule has 3 nitrogen and oxygen atoms in total. The lowest BCUT2D eigenvalue weighted by atomic mass is 10.4. The van der Waals surface area contributed by atoms with Crippen LogP contribution in [0.15, 0.2) is 0 Å². The first-order valence-corrected chi connectivity index (χ1v) is 3.12. The molecule has 0 aromatic rings. The minimum atomic E-state index is -2.33. The Morgan fingerprint density at radius 3 is 1.89 bits per heavy atom. The molecular formula is C5H9ClO3-2. The van der Waals surface area contributed by atoms with Gasteiger partial charge >= 0.3 is 0 Å². The fourth-order valence-corrected chi connectivity index (χ4v) is 0.401. The molecule has 0 atom stereocenters. The molecule has 0 aliphatic heterocycles. The van der Waals surface area contributed by atoms with Crippen LogP contribution in [0.5, 0.6) is 0 Å². The fourth-order valence-electron chi connectivity index (χ4n) is 0.134.